The largest absolute Gasteiger partial charge is 0.467 e. The minimum Gasteiger partial charge on any atom is -0.467 e. The number of rotatable bonds is 3. The van der Waals surface area contributed by atoms with Gasteiger partial charge in [0.15, 0.2) is 0 Å². The van der Waals surface area contributed by atoms with E-state index in [1.54, 1.807) is 36.6 Å². The molecule has 0 unspecified atom stereocenters. The second-order valence-corrected chi connectivity index (χ2v) is 4.37. The number of carbonyl (C=O) groups excluding carboxylic acids is 1. The number of carbonyl (C=O) groups is 1. The summed E-state index contributed by atoms with van der Waals surface area (Å²) in [7, 11) is 0. The van der Waals surface area contributed by atoms with Crippen molar-refractivity contribution in [1.29, 1.82) is 0 Å². The molecule has 0 spiro atoms. The minimum absolute atomic E-state index is 0.221. The highest BCUT2D eigenvalue weighted by molar-refractivity contribution is 6.32. The molecule has 0 bridgehead atoms. The predicted octanol–water partition coefficient (Wildman–Crippen LogP) is 2.17. The summed E-state index contributed by atoms with van der Waals surface area (Å²) < 4.78 is 5.14. The number of benzene rings is 1. The van der Waals surface area contributed by atoms with Crippen LogP contribution in [0.2, 0.25) is 5.02 Å². The third kappa shape index (κ3) is 3.64. The number of halogens is 1. The van der Waals surface area contributed by atoms with E-state index in [0.29, 0.717) is 28.5 Å². The molecule has 0 radical (unpaired) electrons. The maximum Gasteiger partial charge on any atom is 0.251 e. The average molecular weight is 289 g/mol. The van der Waals surface area contributed by atoms with Gasteiger partial charge in [-0.1, -0.05) is 23.4 Å². The van der Waals surface area contributed by atoms with Gasteiger partial charge in [0, 0.05) is 11.1 Å². The normalized spacial score (nSPS) is 9.70. The van der Waals surface area contributed by atoms with Gasteiger partial charge in [-0.15, -0.1) is 0 Å². The topological polar surface area (TPSA) is 68.3 Å². The quantitative estimate of drug-likeness (QED) is 0.851. The molecule has 0 saturated carbocycles. The van der Waals surface area contributed by atoms with Gasteiger partial charge >= 0.3 is 0 Å². The molecular weight excluding hydrogens is 276 g/mol. The lowest BCUT2D eigenvalue weighted by Crippen LogP contribution is -2.22. The zero-order chi connectivity index (χ0) is 14.4. The van der Waals surface area contributed by atoms with Crippen LogP contribution >= 0.6 is 11.6 Å². The van der Waals surface area contributed by atoms with E-state index in [9.17, 15) is 4.79 Å². The fraction of sp³-hybridized carbons (Fsp3) is 0.133. The van der Waals surface area contributed by atoms with E-state index in [4.69, 9.17) is 21.8 Å². The number of nitrogens with one attached hydrogen (secondary N) is 1. The molecule has 0 aliphatic heterocycles. The lowest BCUT2D eigenvalue weighted by Gasteiger charge is -2.04. The van der Waals surface area contributed by atoms with E-state index in [0.717, 1.165) is 0 Å². The summed E-state index contributed by atoms with van der Waals surface area (Å²) >= 11 is 6.07. The summed E-state index contributed by atoms with van der Waals surface area (Å²) in [4.78, 5) is 11.9. The Labute approximate surface area is 121 Å². The van der Waals surface area contributed by atoms with E-state index in [1.807, 2.05) is 0 Å². The van der Waals surface area contributed by atoms with Crippen LogP contribution in [-0.2, 0) is 6.54 Å². The Morgan fingerprint density at radius 3 is 2.90 bits per heavy atom. The first kappa shape index (κ1) is 14.2. The van der Waals surface area contributed by atoms with Gasteiger partial charge in [0.25, 0.3) is 5.91 Å². The maximum atomic E-state index is 11.9. The highest BCUT2D eigenvalue weighted by atomic mass is 35.5. The van der Waals surface area contributed by atoms with Gasteiger partial charge in [-0.2, -0.15) is 0 Å². The molecule has 0 aliphatic carbocycles. The molecule has 4 nitrogen and oxygen atoms in total. The van der Waals surface area contributed by atoms with Crippen LogP contribution < -0.4 is 11.1 Å². The number of nitrogens with two attached hydrogens (primary N) is 1. The number of hydrogen-bond donors (Lipinski definition) is 2. The van der Waals surface area contributed by atoms with Crippen LogP contribution in [0.25, 0.3) is 0 Å². The van der Waals surface area contributed by atoms with Crippen molar-refractivity contribution in [3.63, 3.8) is 0 Å². The fourth-order valence-corrected chi connectivity index (χ4v) is 1.81. The highest BCUT2D eigenvalue weighted by Crippen LogP contribution is 2.17. The Kier molecular flexibility index (Phi) is 4.83. The molecule has 0 atom stereocenters. The molecule has 1 aromatic heterocycles. The predicted molar refractivity (Wildman–Crippen MR) is 77.3 cm³/mol. The van der Waals surface area contributed by atoms with Gasteiger partial charge in [-0.05, 0) is 30.3 Å². The van der Waals surface area contributed by atoms with Crippen molar-refractivity contribution in [2.24, 2.45) is 5.73 Å². The lowest BCUT2D eigenvalue weighted by molar-refractivity contribution is 0.0948. The molecule has 102 valence electrons. The smallest absolute Gasteiger partial charge is 0.251 e. The van der Waals surface area contributed by atoms with E-state index in [2.05, 4.69) is 17.2 Å². The number of furan rings is 1. The van der Waals surface area contributed by atoms with Crippen LogP contribution in [0.4, 0.5) is 0 Å². The first-order valence-electron chi connectivity index (χ1n) is 6.00. The zero-order valence-corrected chi connectivity index (χ0v) is 11.4. The third-order valence-corrected chi connectivity index (χ3v) is 2.87. The first-order chi connectivity index (χ1) is 9.70. The lowest BCUT2D eigenvalue weighted by atomic mass is 10.1. The van der Waals surface area contributed by atoms with Crippen LogP contribution in [-0.4, -0.2) is 12.5 Å². The third-order valence-electron chi connectivity index (χ3n) is 2.56. The van der Waals surface area contributed by atoms with Crippen molar-refractivity contribution in [3.8, 4) is 11.8 Å². The Morgan fingerprint density at radius 2 is 2.25 bits per heavy atom. The van der Waals surface area contributed by atoms with Gasteiger partial charge in [0.05, 0.1) is 24.4 Å². The number of hydrogen-bond acceptors (Lipinski definition) is 3. The van der Waals surface area contributed by atoms with Gasteiger partial charge in [-0.3, -0.25) is 4.79 Å². The second-order valence-electron chi connectivity index (χ2n) is 3.96. The Balaban J connectivity index is 2.05. The average Bonchev–Trinajstić information content (AvgIpc) is 2.96. The molecule has 1 heterocycles. The summed E-state index contributed by atoms with van der Waals surface area (Å²) in [6.45, 7) is 0.597. The van der Waals surface area contributed by atoms with Crippen molar-refractivity contribution in [3.05, 3.63) is 58.5 Å². The monoisotopic (exact) mass is 288 g/mol. The minimum atomic E-state index is -0.221. The van der Waals surface area contributed by atoms with Crippen molar-refractivity contribution in [2.75, 3.05) is 6.54 Å². The molecular formula is C15H13ClN2O2. The molecule has 0 saturated heterocycles. The second kappa shape index (κ2) is 6.80. The van der Waals surface area contributed by atoms with E-state index in [-0.39, 0.29) is 12.5 Å². The Bertz CT molecular complexity index is 654. The maximum absolute atomic E-state index is 11.9. The van der Waals surface area contributed by atoms with Crippen LogP contribution in [0.1, 0.15) is 21.7 Å². The summed E-state index contributed by atoms with van der Waals surface area (Å²) in [6, 6.07) is 8.51. The SMILES string of the molecule is NCC#Cc1ccc(C(=O)NCc2ccco2)cc1Cl. The van der Waals surface area contributed by atoms with E-state index in [1.165, 1.54) is 0 Å². The van der Waals surface area contributed by atoms with Crippen molar-refractivity contribution < 1.29 is 9.21 Å². The van der Waals surface area contributed by atoms with Gasteiger partial charge < -0.3 is 15.5 Å². The van der Waals surface area contributed by atoms with Crippen LogP contribution in [0.15, 0.2) is 41.0 Å². The molecule has 2 rings (SSSR count). The molecule has 1 aromatic carbocycles. The first-order valence-corrected chi connectivity index (χ1v) is 6.37. The fourth-order valence-electron chi connectivity index (χ4n) is 1.59. The summed E-state index contributed by atoms with van der Waals surface area (Å²) in [5.74, 6) is 6.03. The molecule has 0 fully saturated rings. The summed E-state index contributed by atoms with van der Waals surface area (Å²) in [5, 5.41) is 3.17. The Morgan fingerprint density at radius 1 is 1.40 bits per heavy atom. The van der Waals surface area contributed by atoms with Crippen LogP contribution in [0.3, 0.4) is 0 Å². The molecule has 5 heteroatoms. The molecule has 2 aromatic rings. The van der Waals surface area contributed by atoms with E-state index < -0.39 is 0 Å². The van der Waals surface area contributed by atoms with Gasteiger partial charge in [0.1, 0.15) is 5.76 Å². The molecule has 3 N–H and O–H groups in total. The molecule has 1 amide bonds. The zero-order valence-electron chi connectivity index (χ0n) is 10.7. The summed E-state index contributed by atoms with van der Waals surface area (Å²) in [5.41, 5.74) is 6.43. The highest BCUT2D eigenvalue weighted by Gasteiger charge is 2.08. The van der Waals surface area contributed by atoms with Gasteiger partial charge in [-0.25, -0.2) is 0 Å². The summed E-state index contributed by atoms with van der Waals surface area (Å²) in [6.07, 6.45) is 1.56. The van der Waals surface area contributed by atoms with Crippen molar-refractivity contribution in [1.82, 2.24) is 5.32 Å². The number of amides is 1. The van der Waals surface area contributed by atoms with Crippen molar-refractivity contribution >= 4 is 17.5 Å². The van der Waals surface area contributed by atoms with Crippen molar-refractivity contribution in [2.45, 2.75) is 6.54 Å². The molecule has 20 heavy (non-hydrogen) atoms. The Hall–Kier alpha value is -2.22. The van der Waals surface area contributed by atoms with E-state index >= 15 is 0 Å². The van der Waals surface area contributed by atoms with Gasteiger partial charge in [0.2, 0.25) is 0 Å². The van der Waals surface area contributed by atoms with Crippen LogP contribution in [0, 0.1) is 11.8 Å². The van der Waals surface area contributed by atoms with Crippen LogP contribution in [0.5, 0.6) is 0 Å². The standard InChI is InChI=1S/C15H13ClN2O2/c16-14-9-12(6-5-11(14)3-1-7-17)15(19)18-10-13-4-2-8-20-13/h2,4-6,8-9H,7,10,17H2,(H,18,19). The molecule has 0 aliphatic rings.